The van der Waals surface area contributed by atoms with Crippen LogP contribution in [0.25, 0.3) is 0 Å². The van der Waals surface area contributed by atoms with Crippen molar-refractivity contribution in [3.8, 4) is 0 Å². The number of aryl methyl sites for hydroxylation is 2. The van der Waals surface area contributed by atoms with E-state index in [1.54, 1.807) is 6.07 Å². The molecule has 0 aromatic carbocycles. The van der Waals surface area contributed by atoms with Crippen molar-refractivity contribution in [1.29, 1.82) is 0 Å². The molecule has 0 saturated carbocycles. The van der Waals surface area contributed by atoms with E-state index in [-0.39, 0.29) is 11.9 Å². The maximum atomic E-state index is 12.3. The van der Waals surface area contributed by atoms with Crippen LogP contribution in [0.3, 0.4) is 0 Å². The molecule has 2 aromatic heterocycles. The van der Waals surface area contributed by atoms with E-state index in [0.29, 0.717) is 25.5 Å². The van der Waals surface area contributed by atoms with Crippen molar-refractivity contribution in [3.63, 3.8) is 0 Å². The molecule has 1 N–H and O–H groups in total. The number of nitrogens with one attached hydrogen (secondary N) is 1. The van der Waals surface area contributed by atoms with Gasteiger partial charge in [0, 0.05) is 25.2 Å². The molecule has 1 aliphatic heterocycles. The molecular weight excluding hydrogens is 296 g/mol. The van der Waals surface area contributed by atoms with E-state index in [1.165, 1.54) is 6.26 Å². The van der Waals surface area contributed by atoms with Gasteiger partial charge in [0.2, 0.25) is 0 Å². The number of nitrogens with zero attached hydrogens (tertiary/aromatic N) is 1. The van der Waals surface area contributed by atoms with Gasteiger partial charge in [0.1, 0.15) is 11.5 Å². The molecule has 1 fully saturated rings. The molecule has 0 spiro atoms. The summed E-state index contributed by atoms with van der Waals surface area (Å²) in [6, 6.07) is 5.69. The van der Waals surface area contributed by atoms with Crippen LogP contribution in [0.2, 0.25) is 0 Å². The number of hydrogen-bond acceptors (Lipinski definition) is 5. The third kappa shape index (κ3) is 3.65. The van der Waals surface area contributed by atoms with Crippen molar-refractivity contribution in [1.82, 2.24) is 10.2 Å². The lowest BCUT2D eigenvalue weighted by Gasteiger charge is -2.33. The molecule has 6 nitrogen and oxygen atoms in total. The van der Waals surface area contributed by atoms with Crippen molar-refractivity contribution in [2.75, 3.05) is 32.8 Å². The largest absolute Gasteiger partial charge is 0.465 e. The zero-order valence-electron chi connectivity index (χ0n) is 13.5. The smallest absolute Gasteiger partial charge is 0.287 e. The van der Waals surface area contributed by atoms with Crippen LogP contribution in [0.1, 0.15) is 33.7 Å². The average Bonchev–Trinajstić information content (AvgIpc) is 3.17. The first-order chi connectivity index (χ1) is 11.1. The molecule has 2 aromatic rings. The Kier molecular flexibility index (Phi) is 4.83. The molecule has 0 aliphatic carbocycles. The highest BCUT2D eigenvalue weighted by atomic mass is 16.5. The van der Waals surface area contributed by atoms with E-state index >= 15 is 0 Å². The number of morpholine rings is 1. The molecule has 3 heterocycles. The van der Waals surface area contributed by atoms with Gasteiger partial charge in [0.15, 0.2) is 5.76 Å². The summed E-state index contributed by atoms with van der Waals surface area (Å²) in [5.74, 6) is 1.89. The maximum absolute atomic E-state index is 12.3. The summed E-state index contributed by atoms with van der Waals surface area (Å²) in [5.41, 5.74) is 0.833. The number of carbonyl (C=O) groups excluding carboxylic acids is 1. The number of ether oxygens (including phenoxy) is 1. The van der Waals surface area contributed by atoms with Crippen LogP contribution in [-0.4, -0.2) is 43.7 Å². The predicted molar refractivity (Wildman–Crippen MR) is 84.4 cm³/mol. The molecule has 23 heavy (non-hydrogen) atoms. The standard InChI is InChI=1S/C17H22N2O4/c1-12-5-8-22-16(12)17(20)18-11-14(15-4-3-13(2)23-15)19-6-9-21-10-7-19/h3-5,8,14H,6-7,9-11H2,1-2H3,(H,18,20). The maximum Gasteiger partial charge on any atom is 0.287 e. The van der Waals surface area contributed by atoms with Crippen LogP contribution in [-0.2, 0) is 4.74 Å². The van der Waals surface area contributed by atoms with Gasteiger partial charge in [-0.25, -0.2) is 0 Å². The Labute approximate surface area is 135 Å². The number of amides is 1. The van der Waals surface area contributed by atoms with Gasteiger partial charge in [-0.3, -0.25) is 9.69 Å². The Balaban J connectivity index is 1.71. The summed E-state index contributed by atoms with van der Waals surface area (Å²) in [4.78, 5) is 14.5. The van der Waals surface area contributed by atoms with E-state index in [2.05, 4.69) is 10.2 Å². The van der Waals surface area contributed by atoms with Crippen molar-refractivity contribution in [2.45, 2.75) is 19.9 Å². The molecule has 1 atom stereocenters. The number of rotatable bonds is 5. The number of carbonyl (C=O) groups is 1. The summed E-state index contributed by atoms with van der Waals surface area (Å²) in [7, 11) is 0. The zero-order chi connectivity index (χ0) is 16.2. The normalized spacial score (nSPS) is 17.1. The van der Waals surface area contributed by atoms with Gasteiger partial charge in [0.25, 0.3) is 5.91 Å². The number of hydrogen-bond donors (Lipinski definition) is 1. The summed E-state index contributed by atoms with van der Waals surface area (Å²) >= 11 is 0. The molecule has 1 unspecified atom stereocenters. The molecule has 1 saturated heterocycles. The van der Waals surface area contributed by atoms with Crippen LogP contribution in [0.4, 0.5) is 0 Å². The molecule has 124 valence electrons. The zero-order valence-corrected chi connectivity index (χ0v) is 13.5. The van der Waals surface area contributed by atoms with Gasteiger partial charge in [-0.1, -0.05) is 0 Å². The third-order valence-corrected chi connectivity index (χ3v) is 4.10. The van der Waals surface area contributed by atoms with Crippen molar-refractivity contribution in [3.05, 3.63) is 47.3 Å². The van der Waals surface area contributed by atoms with Gasteiger partial charge in [-0.2, -0.15) is 0 Å². The Morgan fingerprint density at radius 2 is 2.04 bits per heavy atom. The monoisotopic (exact) mass is 318 g/mol. The minimum atomic E-state index is -0.200. The minimum absolute atomic E-state index is 0.00758. The first kappa shape index (κ1) is 15.8. The van der Waals surface area contributed by atoms with E-state index in [0.717, 1.165) is 30.2 Å². The van der Waals surface area contributed by atoms with Gasteiger partial charge in [-0.15, -0.1) is 0 Å². The van der Waals surface area contributed by atoms with Crippen molar-refractivity contribution < 1.29 is 18.4 Å². The summed E-state index contributed by atoms with van der Waals surface area (Å²) in [5, 5.41) is 2.96. The molecule has 1 aliphatic rings. The second-order valence-electron chi connectivity index (χ2n) is 5.76. The van der Waals surface area contributed by atoms with E-state index in [1.807, 2.05) is 26.0 Å². The lowest BCUT2D eigenvalue weighted by Crippen LogP contribution is -2.43. The second-order valence-corrected chi connectivity index (χ2v) is 5.76. The van der Waals surface area contributed by atoms with Crippen LogP contribution in [0.5, 0.6) is 0 Å². The summed E-state index contributed by atoms with van der Waals surface area (Å²) in [6.07, 6.45) is 1.53. The predicted octanol–water partition coefficient (Wildman–Crippen LogP) is 2.29. The quantitative estimate of drug-likeness (QED) is 0.916. The highest BCUT2D eigenvalue weighted by Gasteiger charge is 2.26. The van der Waals surface area contributed by atoms with Gasteiger partial charge >= 0.3 is 0 Å². The van der Waals surface area contributed by atoms with Gasteiger partial charge < -0.3 is 18.9 Å². The Bertz CT molecular complexity index is 655. The molecule has 3 rings (SSSR count). The third-order valence-electron chi connectivity index (χ3n) is 4.10. The minimum Gasteiger partial charge on any atom is -0.465 e. The van der Waals surface area contributed by atoms with E-state index < -0.39 is 0 Å². The number of furan rings is 2. The van der Waals surface area contributed by atoms with Crippen molar-refractivity contribution >= 4 is 5.91 Å². The first-order valence-electron chi connectivity index (χ1n) is 7.85. The van der Waals surface area contributed by atoms with Crippen molar-refractivity contribution in [2.24, 2.45) is 0 Å². The van der Waals surface area contributed by atoms with Gasteiger partial charge in [0.05, 0.1) is 25.5 Å². The molecule has 0 bridgehead atoms. The fourth-order valence-corrected chi connectivity index (χ4v) is 2.81. The molecule has 1 amide bonds. The van der Waals surface area contributed by atoms with Gasteiger partial charge in [-0.05, 0) is 32.0 Å². The Hall–Kier alpha value is -2.05. The highest BCUT2D eigenvalue weighted by molar-refractivity contribution is 5.92. The summed E-state index contributed by atoms with van der Waals surface area (Å²) in [6.45, 7) is 7.27. The Morgan fingerprint density at radius 1 is 1.26 bits per heavy atom. The fourth-order valence-electron chi connectivity index (χ4n) is 2.81. The summed E-state index contributed by atoms with van der Waals surface area (Å²) < 4.78 is 16.4. The van der Waals surface area contributed by atoms with E-state index in [9.17, 15) is 4.79 Å². The first-order valence-corrected chi connectivity index (χ1v) is 7.85. The SMILES string of the molecule is Cc1ccc(C(CNC(=O)c2occc2C)N2CCOCC2)o1. The van der Waals surface area contributed by atoms with Crippen LogP contribution in [0, 0.1) is 13.8 Å². The molecular formula is C17H22N2O4. The Morgan fingerprint density at radius 3 is 2.65 bits per heavy atom. The lowest BCUT2D eigenvalue weighted by molar-refractivity contribution is 0.0116. The second kappa shape index (κ2) is 7.02. The fraction of sp³-hybridized carbons (Fsp3) is 0.471. The average molecular weight is 318 g/mol. The molecule has 6 heteroatoms. The van der Waals surface area contributed by atoms with E-state index in [4.69, 9.17) is 13.6 Å². The van der Waals surface area contributed by atoms with Crippen LogP contribution in [0.15, 0.2) is 33.3 Å². The van der Waals surface area contributed by atoms with Crippen LogP contribution >= 0.6 is 0 Å². The lowest BCUT2D eigenvalue weighted by atomic mass is 10.1. The van der Waals surface area contributed by atoms with Crippen LogP contribution < -0.4 is 5.32 Å². The molecule has 0 radical (unpaired) electrons. The highest BCUT2D eigenvalue weighted by Crippen LogP contribution is 2.23. The topological polar surface area (TPSA) is 67.9 Å².